The first-order valence-electron chi connectivity index (χ1n) is 9.81. The summed E-state index contributed by atoms with van der Waals surface area (Å²) in [5, 5.41) is 3.86. The summed E-state index contributed by atoms with van der Waals surface area (Å²) in [6.45, 7) is 1.22. The van der Waals surface area contributed by atoms with E-state index in [0.717, 1.165) is 14.3 Å². The molecule has 3 aromatic rings. The number of carbonyl (C=O) groups excluding carboxylic acids is 1. The Kier molecular flexibility index (Phi) is 8.83. The van der Waals surface area contributed by atoms with Crippen molar-refractivity contribution in [1.29, 1.82) is 0 Å². The molecule has 0 radical (unpaired) electrons. The van der Waals surface area contributed by atoms with Crippen molar-refractivity contribution in [1.82, 2.24) is 9.62 Å². The van der Waals surface area contributed by atoms with Crippen LogP contribution in [0.2, 0.25) is 15.1 Å². The third kappa shape index (κ3) is 6.72. The third-order valence-electron chi connectivity index (χ3n) is 4.92. The second kappa shape index (κ2) is 11.2. The summed E-state index contributed by atoms with van der Waals surface area (Å²) in [5.41, 5.74) is 1.29. The minimum atomic E-state index is -4.06. The summed E-state index contributed by atoms with van der Waals surface area (Å²) in [5.74, 6) is -0.467. The van der Waals surface area contributed by atoms with Crippen LogP contribution in [0.1, 0.15) is 24.1 Å². The van der Waals surface area contributed by atoms with Crippen LogP contribution in [-0.4, -0.2) is 25.2 Å². The number of nitrogens with zero attached hydrogens (tertiary/aromatic N) is 1. The molecular weight excluding hydrogens is 571 g/mol. The van der Waals surface area contributed by atoms with Crippen LogP contribution in [0.5, 0.6) is 0 Å². The van der Waals surface area contributed by atoms with Crippen molar-refractivity contribution >= 4 is 66.7 Å². The van der Waals surface area contributed by atoms with Gasteiger partial charge in [0.05, 0.1) is 17.5 Å². The van der Waals surface area contributed by atoms with E-state index in [9.17, 15) is 13.2 Å². The SMILES string of the molecule is CC(NC(=O)CN(Cc1c(Cl)cccc1Cl)S(=O)(=O)c1ccc(Cl)cc1)c1ccc(Br)cc1. The molecule has 0 saturated carbocycles. The summed E-state index contributed by atoms with van der Waals surface area (Å²) in [6, 6.07) is 17.8. The highest BCUT2D eigenvalue weighted by Gasteiger charge is 2.28. The average Bonchev–Trinajstić information content (AvgIpc) is 2.76. The van der Waals surface area contributed by atoms with Crippen LogP contribution in [-0.2, 0) is 21.4 Å². The van der Waals surface area contributed by atoms with Gasteiger partial charge in [0.1, 0.15) is 0 Å². The first-order valence-corrected chi connectivity index (χ1v) is 13.2. The van der Waals surface area contributed by atoms with Gasteiger partial charge in [0, 0.05) is 31.6 Å². The second-order valence-corrected chi connectivity index (χ2v) is 11.4. The van der Waals surface area contributed by atoms with Crippen molar-refractivity contribution in [3.63, 3.8) is 0 Å². The quantitative estimate of drug-likeness (QED) is 0.327. The predicted octanol–water partition coefficient (Wildman–Crippen LogP) is 6.48. The number of amides is 1. The van der Waals surface area contributed by atoms with Crippen LogP contribution in [0.3, 0.4) is 0 Å². The molecule has 0 fully saturated rings. The molecule has 10 heteroatoms. The molecule has 1 amide bonds. The largest absolute Gasteiger partial charge is 0.348 e. The van der Waals surface area contributed by atoms with Gasteiger partial charge in [-0.05, 0) is 61.0 Å². The monoisotopic (exact) mass is 588 g/mol. The zero-order valence-corrected chi connectivity index (χ0v) is 22.1. The highest BCUT2D eigenvalue weighted by molar-refractivity contribution is 9.10. The molecule has 0 aromatic heterocycles. The van der Waals surface area contributed by atoms with Crippen LogP contribution in [0.4, 0.5) is 0 Å². The lowest BCUT2D eigenvalue weighted by molar-refractivity contribution is -0.122. The van der Waals surface area contributed by atoms with Gasteiger partial charge in [0.2, 0.25) is 15.9 Å². The van der Waals surface area contributed by atoms with Gasteiger partial charge in [-0.25, -0.2) is 8.42 Å². The van der Waals surface area contributed by atoms with E-state index < -0.39 is 22.5 Å². The fourth-order valence-electron chi connectivity index (χ4n) is 3.12. The molecule has 1 N–H and O–H groups in total. The molecule has 1 atom stereocenters. The maximum atomic E-state index is 13.4. The predicted molar refractivity (Wildman–Crippen MR) is 136 cm³/mol. The summed E-state index contributed by atoms with van der Waals surface area (Å²) >= 11 is 21.8. The van der Waals surface area contributed by atoms with Crippen molar-refractivity contribution in [2.45, 2.75) is 24.4 Å². The lowest BCUT2D eigenvalue weighted by Crippen LogP contribution is -2.41. The summed E-state index contributed by atoms with van der Waals surface area (Å²) in [7, 11) is -4.06. The number of rotatable bonds is 8. The summed E-state index contributed by atoms with van der Waals surface area (Å²) < 4.78 is 28.8. The number of benzene rings is 3. The van der Waals surface area contributed by atoms with Gasteiger partial charge >= 0.3 is 0 Å². The van der Waals surface area contributed by atoms with Crippen LogP contribution in [0.15, 0.2) is 76.1 Å². The van der Waals surface area contributed by atoms with E-state index in [1.165, 1.54) is 24.3 Å². The Morgan fingerprint density at radius 3 is 2.12 bits per heavy atom. The molecule has 0 aliphatic carbocycles. The normalized spacial score (nSPS) is 12.5. The highest BCUT2D eigenvalue weighted by Crippen LogP contribution is 2.28. The minimum absolute atomic E-state index is 0.00355. The number of nitrogens with one attached hydrogen (secondary N) is 1. The van der Waals surface area contributed by atoms with E-state index >= 15 is 0 Å². The van der Waals surface area contributed by atoms with Crippen LogP contribution >= 0.6 is 50.7 Å². The molecule has 3 rings (SSSR count). The Morgan fingerprint density at radius 2 is 1.55 bits per heavy atom. The van der Waals surface area contributed by atoms with Crippen molar-refractivity contribution in [3.8, 4) is 0 Å². The molecule has 0 heterocycles. The zero-order chi connectivity index (χ0) is 24.2. The van der Waals surface area contributed by atoms with Gasteiger partial charge in [-0.2, -0.15) is 4.31 Å². The minimum Gasteiger partial charge on any atom is -0.348 e. The third-order valence-corrected chi connectivity index (χ3v) is 8.21. The molecule has 0 aliphatic heterocycles. The second-order valence-electron chi connectivity index (χ2n) is 7.27. The van der Waals surface area contributed by atoms with Crippen LogP contribution in [0.25, 0.3) is 0 Å². The van der Waals surface area contributed by atoms with Gasteiger partial charge in [-0.15, -0.1) is 0 Å². The Morgan fingerprint density at radius 1 is 0.970 bits per heavy atom. The number of hydrogen-bond acceptors (Lipinski definition) is 3. The van der Waals surface area contributed by atoms with Gasteiger partial charge in [0.15, 0.2) is 0 Å². The fourth-order valence-corrected chi connectivity index (χ4v) is 5.40. The summed E-state index contributed by atoms with van der Waals surface area (Å²) in [4.78, 5) is 12.9. The van der Waals surface area contributed by atoms with Gasteiger partial charge < -0.3 is 5.32 Å². The smallest absolute Gasteiger partial charge is 0.243 e. The Bertz CT molecular complexity index is 1220. The fraction of sp³-hybridized carbons (Fsp3) is 0.174. The number of carbonyl (C=O) groups is 1. The van der Waals surface area contributed by atoms with E-state index in [-0.39, 0.29) is 17.5 Å². The number of hydrogen-bond donors (Lipinski definition) is 1. The van der Waals surface area contributed by atoms with Crippen LogP contribution < -0.4 is 5.32 Å². The number of sulfonamides is 1. The lowest BCUT2D eigenvalue weighted by atomic mass is 10.1. The summed E-state index contributed by atoms with van der Waals surface area (Å²) in [6.07, 6.45) is 0. The molecule has 0 bridgehead atoms. The van der Waals surface area contributed by atoms with E-state index in [4.69, 9.17) is 34.8 Å². The van der Waals surface area contributed by atoms with Crippen LogP contribution in [0, 0.1) is 0 Å². The standard InChI is InChI=1S/C23H20BrCl3N2O3S/c1-15(16-5-7-17(24)8-6-16)28-23(30)14-29(13-20-21(26)3-2-4-22(20)27)33(31,32)19-11-9-18(25)10-12-19/h2-12,15H,13-14H2,1H3,(H,28,30). The molecular formula is C23H20BrCl3N2O3S. The van der Waals surface area contributed by atoms with E-state index in [2.05, 4.69) is 21.2 Å². The molecule has 0 saturated heterocycles. The highest BCUT2D eigenvalue weighted by atomic mass is 79.9. The molecule has 1 unspecified atom stereocenters. The zero-order valence-electron chi connectivity index (χ0n) is 17.4. The molecule has 0 spiro atoms. The lowest BCUT2D eigenvalue weighted by Gasteiger charge is -2.24. The maximum absolute atomic E-state index is 13.4. The number of halogens is 4. The Hall–Kier alpha value is -1.61. The van der Waals surface area contributed by atoms with E-state index in [0.29, 0.717) is 20.6 Å². The van der Waals surface area contributed by atoms with Gasteiger partial charge in [0.25, 0.3) is 0 Å². The molecule has 174 valence electrons. The van der Waals surface area contributed by atoms with Crippen molar-refractivity contribution in [2.75, 3.05) is 6.54 Å². The molecule has 5 nitrogen and oxygen atoms in total. The Labute approximate surface area is 216 Å². The molecule has 3 aromatic carbocycles. The molecule has 0 aliphatic rings. The topological polar surface area (TPSA) is 66.5 Å². The van der Waals surface area contributed by atoms with Crippen molar-refractivity contribution < 1.29 is 13.2 Å². The first-order chi connectivity index (χ1) is 15.6. The van der Waals surface area contributed by atoms with Gasteiger partial charge in [-0.1, -0.05) is 68.9 Å². The first kappa shape index (κ1) is 26.0. The maximum Gasteiger partial charge on any atom is 0.243 e. The van der Waals surface area contributed by atoms with Gasteiger partial charge in [-0.3, -0.25) is 4.79 Å². The average molecular weight is 591 g/mol. The van der Waals surface area contributed by atoms with E-state index in [1.54, 1.807) is 18.2 Å². The molecule has 33 heavy (non-hydrogen) atoms. The van der Waals surface area contributed by atoms with Crippen molar-refractivity contribution in [2.24, 2.45) is 0 Å². The Balaban J connectivity index is 1.88. The van der Waals surface area contributed by atoms with Crippen molar-refractivity contribution in [3.05, 3.63) is 97.4 Å². The van der Waals surface area contributed by atoms with E-state index in [1.807, 2.05) is 31.2 Å².